The second-order valence-electron chi connectivity index (χ2n) is 4.44. The summed E-state index contributed by atoms with van der Waals surface area (Å²) in [7, 11) is 0. The molecule has 7 heteroatoms. The summed E-state index contributed by atoms with van der Waals surface area (Å²) in [6.45, 7) is 0.0966. The summed E-state index contributed by atoms with van der Waals surface area (Å²) in [4.78, 5) is 8.35. The molecule has 0 atom stereocenters. The first-order valence-corrected chi connectivity index (χ1v) is 6.87. The van der Waals surface area contributed by atoms with Crippen LogP contribution >= 0.6 is 11.6 Å². The molecule has 0 aliphatic heterocycles. The molecule has 21 heavy (non-hydrogen) atoms. The van der Waals surface area contributed by atoms with E-state index in [9.17, 15) is 0 Å². The van der Waals surface area contributed by atoms with E-state index in [-0.39, 0.29) is 6.61 Å². The van der Waals surface area contributed by atoms with Gasteiger partial charge in [-0.1, -0.05) is 23.7 Å². The number of benzene rings is 1. The van der Waals surface area contributed by atoms with E-state index in [1.54, 1.807) is 12.1 Å². The maximum Gasteiger partial charge on any atom is 0.325 e. The normalized spacial score (nSPS) is 11.0. The number of aliphatic hydroxyl groups is 1. The number of nitrogens with zero attached hydrogens (tertiary/aromatic N) is 4. The van der Waals surface area contributed by atoms with Gasteiger partial charge >= 0.3 is 6.01 Å². The van der Waals surface area contributed by atoms with Gasteiger partial charge in [-0.05, 0) is 18.6 Å². The van der Waals surface area contributed by atoms with Crippen LogP contribution in [-0.4, -0.2) is 31.5 Å². The number of aromatic nitrogens is 4. The number of rotatable bonds is 5. The number of aryl methyl sites for hydroxylation is 1. The van der Waals surface area contributed by atoms with Gasteiger partial charge in [0.25, 0.3) is 0 Å². The molecule has 0 unspecified atom stereocenters. The van der Waals surface area contributed by atoms with Crippen molar-refractivity contribution < 1.29 is 9.52 Å². The number of hydrogen-bond donors (Lipinski definition) is 1. The lowest BCUT2D eigenvalue weighted by molar-refractivity contribution is 0.284. The molecule has 0 aliphatic rings. The van der Waals surface area contributed by atoms with Crippen molar-refractivity contribution in [2.45, 2.75) is 12.8 Å². The quantitative estimate of drug-likeness (QED) is 0.783. The van der Waals surface area contributed by atoms with Gasteiger partial charge in [0.1, 0.15) is 24.1 Å². The molecule has 0 spiro atoms. The van der Waals surface area contributed by atoms with Crippen LogP contribution in [-0.2, 0) is 6.42 Å². The molecule has 3 aromatic rings. The van der Waals surface area contributed by atoms with Crippen LogP contribution < -0.4 is 0 Å². The van der Waals surface area contributed by atoms with Crippen LogP contribution in [0, 0.1) is 0 Å². The molecule has 0 bridgehead atoms. The zero-order valence-corrected chi connectivity index (χ0v) is 11.9. The summed E-state index contributed by atoms with van der Waals surface area (Å²) in [5.41, 5.74) is 1.63. The topological polar surface area (TPSA) is 77.0 Å². The fourth-order valence-corrected chi connectivity index (χ4v) is 2.11. The van der Waals surface area contributed by atoms with Gasteiger partial charge in [-0.2, -0.15) is 14.8 Å². The Kier molecular flexibility index (Phi) is 3.98. The minimum atomic E-state index is 0.0966. The van der Waals surface area contributed by atoms with E-state index in [1.165, 1.54) is 17.3 Å². The standard InChI is InChI=1S/C14H13ClN4O2/c15-11-5-3-10(4-6-11)13-12(2-1-7-20)21-14(18-13)19-9-16-8-17-19/h3-6,8-9,20H,1-2,7H2. The molecule has 1 N–H and O–H groups in total. The summed E-state index contributed by atoms with van der Waals surface area (Å²) in [6, 6.07) is 7.72. The molecular formula is C14H13ClN4O2. The predicted molar refractivity (Wildman–Crippen MR) is 77.3 cm³/mol. The highest BCUT2D eigenvalue weighted by molar-refractivity contribution is 6.30. The Balaban J connectivity index is 2.02. The van der Waals surface area contributed by atoms with Crippen molar-refractivity contribution in [1.82, 2.24) is 19.7 Å². The van der Waals surface area contributed by atoms with E-state index in [1.807, 2.05) is 12.1 Å². The zero-order valence-electron chi connectivity index (χ0n) is 11.1. The van der Waals surface area contributed by atoms with Crippen molar-refractivity contribution in [3.63, 3.8) is 0 Å². The van der Waals surface area contributed by atoms with E-state index < -0.39 is 0 Å². The smallest absolute Gasteiger partial charge is 0.325 e. The third kappa shape index (κ3) is 2.96. The molecule has 2 aromatic heterocycles. The maximum absolute atomic E-state index is 9.01. The average molecular weight is 305 g/mol. The lowest BCUT2D eigenvalue weighted by Crippen LogP contribution is -1.93. The third-order valence-corrected chi connectivity index (χ3v) is 3.23. The number of hydrogen-bond acceptors (Lipinski definition) is 5. The summed E-state index contributed by atoms with van der Waals surface area (Å²) >= 11 is 5.91. The van der Waals surface area contributed by atoms with Crippen molar-refractivity contribution in [3.8, 4) is 17.3 Å². The molecule has 0 radical (unpaired) electrons. The Hall–Kier alpha value is -2.18. The fraction of sp³-hybridized carbons (Fsp3) is 0.214. The van der Waals surface area contributed by atoms with Crippen LogP contribution in [0.4, 0.5) is 0 Å². The molecule has 3 rings (SSSR count). The Morgan fingerprint density at radius 2 is 2.05 bits per heavy atom. The van der Waals surface area contributed by atoms with Gasteiger partial charge in [0.05, 0.1) is 0 Å². The summed E-state index contributed by atoms with van der Waals surface area (Å²) < 4.78 is 7.21. The molecule has 1 aromatic carbocycles. The van der Waals surface area contributed by atoms with Crippen molar-refractivity contribution in [2.24, 2.45) is 0 Å². The minimum absolute atomic E-state index is 0.0966. The molecule has 0 aliphatic carbocycles. The molecular weight excluding hydrogens is 292 g/mol. The Labute approximate surface area is 126 Å². The zero-order chi connectivity index (χ0) is 14.7. The summed E-state index contributed by atoms with van der Waals surface area (Å²) in [5, 5.41) is 13.7. The van der Waals surface area contributed by atoms with E-state index >= 15 is 0 Å². The average Bonchev–Trinajstić information content (AvgIpc) is 3.15. The maximum atomic E-state index is 9.01. The molecule has 0 saturated heterocycles. The Bertz CT molecular complexity index is 707. The summed E-state index contributed by atoms with van der Waals surface area (Å²) in [5.74, 6) is 0.705. The number of halogens is 1. The van der Waals surface area contributed by atoms with E-state index in [2.05, 4.69) is 15.1 Å². The van der Waals surface area contributed by atoms with Crippen LogP contribution in [0.25, 0.3) is 17.3 Å². The molecule has 108 valence electrons. The first kappa shape index (κ1) is 13.8. The van der Waals surface area contributed by atoms with Crippen LogP contribution in [0.1, 0.15) is 12.2 Å². The predicted octanol–water partition coefficient (Wildman–Crippen LogP) is 2.50. The van der Waals surface area contributed by atoms with Crippen molar-refractivity contribution in [3.05, 3.63) is 47.7 Å². The first-order valence-electron chi connectivity index (χ1n) is 6.49. The monoisotopic (exact) mass is 304 g/mol. The van der Waals surface area contributed by atoms with E-state index in [0.29, 0.717) is 29.6 Å². The van der Waals surface area contributed by atoms with E-state index in [4.69, 9.17) is 21.1 Å². The van der Waals surface area contributed by atoms with Gasteiger partial charge in [-0.3, -0.25) is 0 Å². The number of aliphatic hydroxyl groups excluding tert-OH is 1. The molecule has 0 saturated carbocycles. The largest absolute Gasteiger partial charge is 0.426 e. The lowest BCUT2D eigenvalue weighted by Gasteiger charge is -2.00. The Morgan fingerprint density at radius 1 is 1.24 bits per heavy atom. The first-order chi connectivity index (χ1) is 10.3. The van der Waals surface area contributed by atoms with Crippen LogP contribution in [0.3, 0.4) is 0 Å². The van der Waals surface area contributed by atoms with Gasteiger partial charge in [0.2, 0.25) is 0 Å². The fourth-order valence-electron chi connectivity index (χ4n) is 1.99. The van der Waals surface area contributed by atoms with Crippen LogP contribution in [0.15, 0.2) is 41.3 Å². The van der Waals surface area contributed by atoms with Crippen molar-refractivity contribution in [2.75, 3.05) is 6.61 Å². The molecule has 0 amide bonds. The van der Waals surface area contributed by atoms with Gasteiger partial charge in [-0.15, -0.1) is 0 Å². The van der Waals surface area contributed by atoms with Crippen LogP contribution in [0.5, 0.6) is 0 Å². The molecule has 2 heterocycles. The molecule has 0 fully saturated rings. The Morgan fingerprint density at radius 3 is 2.71 bits per heavy atom. The van der Waals surface area contributed by atoms with Gasteiger partial charge < -0.3 is 9.52 Å². The lowest BCUT2D eigenvalue weighted by atomic mass is 10.1. The van der Waals surface area contributed by atoms with Crippen molar-refractivity contribution in [1.29, 1.82) is 0 Å². The second kappa shape index (κ2) is 6.07. The number of oxazole rings is 1. The van der Waals surface area contributed by atoms with Gasteiger partial charge in [0, 0.05) is 23.6 Å². The van der Waals surface area contributed by atoms with E-state index in [0.717, 1.165) is 11.3 Å². The SMILES string of the molecule is OCCCc1oc(-n2cncn2)nc1-c1ccc(Cl)cc1. The molecule has 6 nitrogen and oxygen atoms in total. The summed E-state index contributed by atoms with van der Waals surface area (Å²) in [6.07, 6.45) is 4.13. The third-order valence-electron chi connectivity index (χ3n) is 2.98. The highest BCUT2D eigenvalue weighted by Gasteiger charge is 2.16. The minimum Gasteiger partial charge on any atom is -0.426 e. The van der Waals surface area contributed by atoms with Crippen molar-refractivity contribution >= 4 is 11.6 Å². The van der Waals surface area contributed by atoms with Gasteiger partial charge in [-0.25, -0.2) is 4.98 Å². The highest BCUT2D eigenvalue weighted by Crippen LogP contribution is 2.27. The van der Waals surface area contributed by atoms with Crippen LogP contribution in [0.2, 0.25) is 5.02 Å². The second-order valence-corrected chi connectivity index (χ2v) is 4.88. The highest BCUT2D eigenvalue weighted by atomic mass is 35.5. The van der Waals surface area contributed by atoms with Gasteiger partial charge in [0.15, 0.2) is 0 Å².